The number of carbonyl (C=O) groups is 1. The number of rotatable bonds is 3. The molecule has 2 heterocycles. The van der Waals surface area contributed by atoms with Crippen LogP contribution in [-0.2, 0) is 14.3 Å². The summed E-state index contributed by atoms with van der Waals surface area (Å²) < 4.78 is 10.3. The molecule has 13 heavy (non-hydrogen) atoms. The van der Waals surface area contributed by atoms with Crippen molar-refractivity contribution in [2.24, 2.45) is 5.41 Å². The summed E-state index contributed by atoms with van der Waals surface area (Å²) in [7, 11) is 0. The normalized spacial score (nSPS) is 38.6. The van der Waals surface area contributed by atoms with Crippen molar-refractivity contribution in [3.05, 3.63) is 0 Å². The molecule has 0 aromatic carbocycles. The van der Waals surface area contributed by atoms with Gasteiger partial charge in [0.15, 0.2) is 0 Å². The highest BCUT2D eigenvalue weighted by molar-refractivity contribution is 5.75. The van der Waals surface area contributed by atoms with E-state index in [1.165, 1.54) is 0 Å². The van der Waals surface area contributed by atoms with Crippen LogP contribution in [0.1, 0.15) is 19.3 Å². The highest BCUT2D eigenvalue weighted by Crippen LogP contribution is 2.37. The molecule has 2 aliphatic rings. The fourth-order valence-electron chi connectivity index (χ4n) is 1.89. The quantitative estimate of drug-likeness (QED) is 0.658. The molecule has 0 saturated carbocycles. The molecule has 0 bridgehead atoms. The minimum atomic E-state index is -0.734. The number of carboxylic acids is 1. The van der Waals surface area contributed by atoms with Crippen molar-refractivity contribution in [1.82, 2.24) is 0 Å². The Balaban J connectivity index is 2.02. The first-order valence-electron chi connectivity index (χ1n) is 4.66. The third kappa shape index (κ3) is 1.84. The van der Waals surface area contributed by atoms with Crippen LogP contribution in [0.4, 0.5) is 0 Å². The van der Waals surface area contributed by atoms with E-state index in [1.807, 2.05) is 0 Å². The predicted octanol–water partition coefficient (Wildman–Crippen LogP) is 0.657. The van der Waals surface area contributed by atoms with Gasteiger partial charge in [-0.05, 0) is 19.3 Å². The minimum absolute atomic E-state index is 0.165. The van der Waals surface area contributed by atoms with E-state index in [4.69, 9.17) is 14.6 Å². The number of hydrogen-bond acceptors (Lipinski definition) is 3. The van der Waals surface area contributed by atoms with Crippen LogP contribution in [-0.4, -0.2) is 37.0 Å². The molecule has 4 nitrogen and oxygen atoms in total. The Morgan fingerprint density at radius 3 is 2.85 bits per heavy atom. The average molecular weight is 186 g/mol. The van der Waals surface area contributed by atoms with Crippen LogP contribution in [0.5, 0.6) is 0 Å². The van der Waals surface area contributed by atoms with Crippen molar-refractivity contribution < 1.29 is 19.4 Å². The van der Waals surface area contributed by atoms with E-state index in [1.54, 1.807) is 0 Å². The molecule has 0 spiro atoms. The van der Waals surface area contributed by atoms with Gasteiger partial charge in [-0.1, -0.05) is 0 Å². The molecule has 2 aliphatic heterocycles. The maximum absolute atomic E-state index is 11.1. The van der Waals surface area contributed by atoms with E-state index in [2.05, 4.69) is 0 Å². The fourth-order valence-corrected chi connectivity index (χ4v) is 1.89. The smallest absolute Gasteiger partial charge is 0.312 e. The maximum atomic E-state index is 11.1. The monoisotopic (exact) mass is 186 g/mol. The van der Waals surface area contributed by atoms with E-state index in [-0.39, 0.29) is 6.10 Å². The van der Waals surface area contributed by atoms with Crippen molar-refractivity contribution in [1.29, 1.82) is 0 Å². The van der Waals surface area contributed by atoms with Crippen molar-refractivity contribution in [3.63, 3.8) is 0 Å². The molecule has 2 atom stereocenters. The Morgan fingerprint density at radius 1 is 1.62 bits per heavy atom. The van der Waals surface area contributed by atoms with Gasteiger partial charge < -0.3 is 14.6 Å². The number of aliphatic carboxylic acids is 1. The Labute approximate surface area is 76.8 Å². The molecule has 4 heteroatoms. The van der Waals surface area contributed by atoms with Gasteiger partial charge in [0.25, 0.3) is 0 Å². The Morgan fingerprint density at radius 2 is 2.38 bits per heavy atom. The van der Waals surface area contributed by atoms with Gasteiger partial charge in [0, 0.05) is 6.61 Å². The molecule has 0 aromatic heterocycles. The van der Waals surface area contributed by atoms with Crippen LogP contribution < -0.4 is 0 Å². The van der Waals surface area contributed by atoms with Crippen LogP contribution in [0.3, 0.4) is 0 Å². The van der Waals surface area contributed by atoms with Crippen molar-refractivity contribution in [2.45, 2.75) is 25.4 Å². The summed E-state index contributed by atoms with van der Waals surface area (Å²) in [6.45, 7) is 1.76. The molecule has 2 fully saturated rings. The largest absolute Gasteiger partial charge is 0.481 e. The van der Waals surface area contributed by atoms with E-state index < -0.39 is 11.4 Å². The molecule has 2 saturated heterocycles. The zero-order valence-corrected chi connectivity index (χ0v) is 7.49. The van der Waals surface area contributed by atoms with Crippen LogP contribution in [0.25, 0.3) is 0 Å². The molecule has 0 amide bonds. The Kier molecular flexibility index (Phi) is 2.26. The number of epoxide rings is 1. The second kappa shape index (κ2) is 3.27. The molecule has 74 valence electrons. The van der Waals surface area contributed by atoms with E-state index >= 15 is 0 Å². The first-order chi connectivity index (χ1) is 6.23. The first-order valence-corrected chi connectivity index (χ1v) is 4.66. The average Bonchev–Trinajstić information content (AvgIpc) is 2.90. The van der Waals surface area contributed by atoms with Crippen LogP contribution in [0, 0.1) is 5.41 Å². The number of hydrogen-bond donors (Lipinski definition) is 1. The van der Waals surface area contributed by atoms with Gasteiger partial charge in [-0.15, -0.1) is 0 Å². The van der Waals surface area contributed by atoms with Gasteiger partial charge in [0.05, 0.1) is 24.7 Å². The molecule has 0 unspecified atom stereocenters. The summed E-state index contributed by atoms with van der Waals surface area (Å²) in [5.41, 5.74) is -0.667. The molecular formula is C9H14O4. The summed E-state index contributed by atoms with van der Waals surface area (Å²) in [5, 5.41) is 9.13. The first kappa shape index (κ1) is 8.97. The minimum Gasteiger partial charge on any atom is -0.481 e. The highest BCUT2D eigenvalue weighted by atomic mass is 16.6. The molecule has 0 aromatic rings. The van der Waals surface area contributed by atoms with Crippen LogP contribution in [0.2, 0.25) is 0 Å². The Bertz CT molecular complexity index is 204. The second-order valence-electron chi connectivity index (χ2n) is 3.90. The predicted molar refractivity (Wildman–Crippen MR) is 44.5 cm³/mol. The van der Waals surface area contributed by atoms with Crippen molar-refractivity contribution in [3.8, 4) is 0 Å². The third-order valence-electron chi connectivity index (χ3n) is 2.80. The van der Waals surface area contributed by atoms with E-state index in [0.717, 1.165) is 19.4 Å². The second-order valence-corrected chi connectivity index (χ2v) is 3.90. The molecular weight excluding hydrogens is 172 g/mol. The van der Waals surface area contributed by atoms with Crippen molar-refractivity contribution in [2.75, 3.05) is 19.8 Å². The zero-order chi connectivity index (χ0) is 9.31. The van der Waals surface area contributed by atoms with Gasteiger partial charge in [0.1, 0.15) is 0 Å². The summed E-state index contributed by atoms with van der Waals surface area (Å²) in [6.07, 6.45) is 2.35. The number of carboxylic acid groups (broad SMARTS) is 1. The topological polar surface area (TPSA) is 59.1 Å². The standard InChI is InChI=1S/C9H14O4/c10-8(11)9(4-7-5-13-7)2-1-3-12-6-9/h7H,1-6H2,(H,10,11)/t7-,9-/m0/s1. The lowest BCUT2D eigenvalue weighted by Gasteiger charge is -2.32. The van der Waals surface area contributed by atoms with Gasteiger partial charge in [0.2, 0.25) is 0 Å². The molecule has 2 rings (SSSR count). The molecule has 1 N–H and O–H groups in total. The van der Waals surface area contributed by atoms with Crippen molar-refractivity contribution >= 4 is 5.97 Å². The van der Waals surface area contributed by atoms with E-state index in [9.17, 15) is 4.79 Å². The van der Waals surface area contributed by atoms with Crippen LogP contribution >= 0.6 is 0 Å². The Hall–Kier alpha value is -0.610. The zero-order valence-electron chi connectivity index (χ0n) is 7.49. The molecule has 0 aliphatic carbocycles. The van der Waals surface area contributed by atoms with Gasteiger partial charge in [-0.25, -0.2) is 0 Å². The number of ether oxygens (including phenoxy) is 2. The third-order valence-corrected chi connectivity index (χ3v) is 2.80. The summed E-state index contributed by atoms with van der Waals surface area (Å²) in [6, 6.07) is 0. The van der Waals surface area contributed by atoms with E-state index in [0.29, 0.717) is 19.6 Å². The van der Waals surface area contributed by atoms with Gasteiger partial charge in [-0.2, -0.15) is 0 Å². The van der Waals surface area contributed by atoms with Gasteiger partial charge in [-0.3, -0.25) is 4.79 Å². The van der Waals surface area contributed by atoms with Crippen LogP contribution in [0.15, 0.2) is 0 Å². The lowest BCUT2D eigenvalue weighted by atomic mass is 9.78. The summed E-state index contributed by atoms with van der Waals surface area (Å²) in [4.78, 5) is 11.1. The lowest BCUT2D eigenvalue weighted by Crippen LogP contribution is -2.40. The maximum Gasteiger partial charge on any atom is 0.312 e. The fraction of sp³-hybridized carbons (Fsp3) is 0.889. The summed E-state index contributed by atoms with van der Waals surface area (Å²) in [5.74, 6) is -0.734. The summed E-state index contributed by atoms with van der Waals surface area (Å²) >= 11 is 0. The highest BCUT2D eigenvalue weighted by Gasteiger charge is 2.45. The SMILES string of the molecule is O=C(O)[C@]1(C[C@H]2CO2)CCCOC1. The molecule has 0 radical (unpaired) electrons. The lowest BCUT2D eigenvalue weighted by molar-refractivity contribution is -0.158. The van der Waals surface area contributed by atoms with Gasteiger partial charge >= 0.3 is 5.97 Å².